The summed E-state index contributed by atoms with van der Waals surface area (Å²) in [5.74, 6) is 0. The lowest BCUT2D eigenvalue weighted by Crippen LogP contribution is -2.32. The Morgan fingerprint density at radius 1 is 1.46 bits per heavy atom. The summed E-state index contributed by atoms with van der Waals surface area (Å²) in [6.07, 6.45) is 0.774. The second kappa shape index (κ2) is 4.81. The van der Waals surface area contributed by atoms with Crippen LogP contribution in [0, 0.1) is 5.41 Å². The maximum atomic E-state index is 8.83. The largest absolute Gasteiger partial charge is 0.288 e. The first kappa shape index (κ1) is 9.98. The zero-order chi connectivity index (χ0) is 9.68. The van der Waals surface area contributed by atoms with E-state index in [0.29, 0.717) is 16.7 Å². The average molecular weight is 200 g/mol. The van der Waals surface area contributed by atoms with Crippen LogP contribution in [0.1, 0.15) is 5.56 Å². The van der Waals surface area contributed by atoms with Crippen molar-refractivity contribution >= 4 is 17.9 Å². The van der Waals surface area contributed by atoms with Gasteiger partial charge in [0.1, 0.15) is 6.34 Å². The van der Waals surface area contributed by atoms with Gasteiger partial charge in [0.05, 0.1) is 0 Å². The Balaban J connectivity index is 2.45. The van der Waals surface area contributed by atoms with Gasteiger partial charge in [0.25, 0.3) is 0 Å². The highest BCUT2D eigenvalue weighted by molar-refractivity contribution is 6.30. The molecule has 0 aromatic heterocycles. The predicted molar refractivity (Wildman–Crippen MR) is 50.7 cm³/mol. The lowest BCUT2D eigenvalue weighted by Gasteiger charge is -2.11. The van der Waals surface area contributed by atoms with E-state index in [2.05, 4.69) is 5.43 Å². The molecule has 0 amide bonds. The van der Waals surface area contributed by atoms with Crippen molar-refractivity contribution < 1.29 is 5.21 Å². The van der Waals surface area contributed by atoms with Crippen LogP contribution in [0.5, 0.6) is 0 Å². The first-order valence-corrected chi connectivity index (χ1v) is 4.07. The molecule has 1 rings (SSSR count). The van der Waals surface area contributed by atoms with Gasteiger partial charge in [0.2, 0.25) is 0 Å². The van der Waals surface area contributed by atoms with Crippen molar-refractivity contribution in [3.8, 4) is 0 Å². The summed E-state index contributed by atoms with van der Waals surface area (Å²) in [6, 6.07) is 7.22. The molecule has 0 unspecified atom stereocenters. The van der Waals surface area contributed by atoms with Crippen LogP contribution in [0.3, 0.4) is 0 Å². The van der Waals surface area contributed by atoms with E-state index in [1.54, 1.807) is 12.1 Å². The SMILES string of the molecule is N=CN(O)NCc1ccc(Cl)cc1. The average Bonchev–Trinajstić information content (AvgIpc) is 2.16. The van der Waals surface area contributed by atoms with Gasteiger partial charge in [-0.15, -0.1) is 0 Å². The maximum absolute atomic E-state index is 8.83. The third kappa shape index (κ3) is 3.42. The second-order valence-corrected chi connectivity index (χ2v) is 2.87. The monoisotopic (exact) mass is 199 g/mol. The smallest absolute Gasteiger partial charge is 0.126 e. The molecule has 0 saturated heterocycles. The van der Waals surface area contributed by atoms with Crippen LogP contribution in [-0.4, -0.2) is 16.7 Å². The molecule has 4 nitrogen and oxygen atoms in total. The van der Waals surface area contributed by atoms with Crippen molar-refractivity contribution in [1.82, 2.24) is 10.6 Å². The number of halogens is 1. The molecule has 0 aliphatic heterocycles. The summed E-state index contributed by atoms with van der Waals surface area (Å²) in [4.78, 5) is 0. The van der Waals surface area contributed by atoms with Crippen molar-refractivity contribution in [2.75, 3.05) is 0 Å². The summed E-state index contributed by atoms with van der Waals surface area (Å²) in [5, 5.41) is 16.8. The molecule has 0 radical (unpaired) electrons. The van der Waals surface area contributed by atoms with Gasteiger partial charge < -0.3 is 0 Å². The Bertz CT molecular complexity index is 275. The maximum Gasteiger partial charge on any atom is 0.126 e. The number of hydrogen-bond acceptors (Lipinski definition) is 3. The minimum atomic E-state index is 0.447. The van der Waals surface area contributed by atoms with Crippen LogP contribution in [0.15, 0.2) is 24.3 Å². The number of nitrogens with zero attached hydrogens (tertiary/aromatic N) is 1. The Morgan fingerprint density at radius 3 is 2.62 bits per heavy atom. The lowest BCUT2D eigenvalue weighted by molar-refractivity contribution is -0.0599. The van der Waals surface area contributed by atoms with Crippen molar-refractivity contribution in [3.63, 3.8) is 0 Å². The van der Waals surface area contributed by atoms with Gasteiger partial charge in [-0.2, -0.15) is 5.17 Å². The molecule has 0 bridgehead atoms. The van der Waals surface area contributed by atoms with E-state index in [1.165, 1.54) is 0 Å². The Morgan fingerprint density at radius 2 is 2.08 bits per heavy atom. The number of benzene rings is 1. The number of nitrogens with one attached hydrogen (secondary N) is 2. The summed E-state index contributed by atoms with van der Waals surface area (Å²) >= 11 is 5.69. The lowest BCUT2D eigenvalue weighted by atomic mass is 10.2. The van der Waals surface area contributed by atoms with E-state index in [9.17, 15) is 0 Å². The molecule has 0 heterocycles. The van der Waals surface area contributed by atoms with Crippen molar-refractivity contribution in [2.45, 2.75) is 6.54 Å². The molecule has 70 valence electrons. The zero-order valence-electron chi connectivity index (χ0n) is 6.87. The highest BCUT2D eigenvalue weighted by Crippen LogP contribution is 2.08. The Kier molecular flexibility index (Phi) is 3.70. The molecule has 0 fully saturated rings. The molecule has 0 saturated carbocycles. The molecular formula is C8H10ClN3O. The third-order valence-corrected chi connectivity index (χ3v) is 1.73. The molecule has 1 aromatic rings. The van der Waals surface area contributed by atoms with Crippen molar-refractivity contribution in [3.05, 3.63) is 34.9 Å². The fourth-order valence-corrected chi connectivity index (χ4v) is 0.946. The minimum Gasteiger partial charge on any atom is -0.288 e. The van der Waals surface area contributed by atoms with Crippen LogP contribution in [-0.2, 0) is 6.54 Å². The molecular weight excluding hydrogens is 190 g/mol. The fraction of sp³-hybridized carbons (Fsp3) is 0.125. The fourth-order valence-electron chi connectivity index (χ4n) is 0.820. The molecule has 13 heavy (non-hydrogen) atoms. The van der Waals surface area contributed by atoms with E-state index < -0.39 is 0 Å². The van der Waals surface area contributed by atoms with E-state index in [0.717, 1.165) is 11.9 Å². The normalized spacial score (nSPS) is 9.69. The number of hydroxylamine groups is 1. The Labute approximate surface area is 81.2 Å². The van der Waals surface area contributed by atoms with E-state index in [-0.39, 0.29) is 0 Å². The van der Waals surface area contributed by atoms with Crippen molar-refractivity contribution in [2.24, 2.45) is 0 Å². The van der Waals surface area contributed by atoms with Crippen LogP contribution in [0.25, 0.3) is 0 Å². The van der Waals surface area contributed by atoms with Gasteiger partial charge >= 0.3 is 0 Å². The standard InChI is InChI=1S/C8H10ClN3O/c9-8-3-1-7(2-4-8)5-11-12(13)6-10/h1-4,6,10-11,13H,5H2. The second-order valence-electron chi connectivity index (χ2n) is 2.44. The summed E-state index contributed by atoms with van der Waals surface area (Å²) in [5.41, 5.74) is 3.55. The van der Waals surface area contributed by atoms with Crippen LogP contribution < -0.4 is 5.43 Å². The molecule has 1 aromatic carbocycles. The third-order valence-electron chi connectivity index (χ3n) is 1.48. The number of hydrazine groups is 1. The molecule has 5 heteroatoms. The quantitative estimate of drug-likeness (QED) is 0.393. The zero-order valence-corrected chi connectivity index (χ0v) is 7.62. The summed E-state index contributed by atoms with van der Waals surface area (Å²) in [7, 11) is 0. The van der Waals surface area contributed by atoms with Gasteiger partial charge in [0.15, 0.2) is 0 Å². The van der Waals surface area contributed by atoms with E-state index in [4.69, 9.17) is 22.2 Å². The van der Waals surface area contributed by atoms with Gasteiger partial charge in [-0.3, -0.25) is 10.6 Å². The molecule has 0 spiro atoms. The van der Waals surface area contributed by atoms with Gasteiger partial charge in [0, 0.05) is 11.6 Å². The van der Waals surface area contributed by atoms with Gasteiger partial charge in [-0.05, 0) is 17.7 Å². The first-order chi connectivity index (χ1) is 6.22. The molecule has 0 atom stereocenters. The van der Waals surface area contributed by atoms with Crippen LogP contribution in [0.4, 0.5) is 0 Å². The van der Waals surface area contributed by atoms with Crippen LogP contribution >= 0.6 is 11.6 Å². The predicted octanol–water partition coefficient (Wildman–Crippen LogP) is 1.64. The molecule has 3 N–H and O–H groups in total. The summed E-state index contributed by atoms with van der Waals surface area (Å²) < 4.78 is 0. The number of rotatable bonds is 4. The number of hydrogen-bond donors (Lipinski definition) is 3. The minimum absolute atomic E-state index is 0.447. The van der Waals surface area contributed by atoms with Gasteiger partial charge in [-0.25, -0.2) is 5.43 Å². The van der Waals surface area contributed by atoms with E-state index in [1.807, 2.05) is 12.1 Å². The van der Waals surface area contributed by atoms with Crippen molar-refractivity contribution in [1.29, 1.82) is 5.41 Å². The highest BCUT2D eigenvalue weighted by atomic mass is 35.5. The molecule has 0 aliphatic rings. The highest BCUT2D eigenvalue weighted by Gasteiger charge is 1.94. The first-order valence-electron chi connectivity index (χ1n) is 3.69. The molecule has 0 aliphatic carbocycles. The Hall–Kier alpha value is -1.10. The van der Waals surface area contributed by atoms with Gasteiger partial charge in [-0.1, -0.05) is 23.7 Å². The van der Waals surface area contributed by atoms with E-state index >= 15 is 0 Å². The topological polar surface area (TPSA) is 59.4 Å². The van der Waals surface area contributed by atoms with Crippen LogP contribution in [0.2, 0.25) is 5.02 Å². The summed E-state index contributed by atoms with van der Waals surface area (Å²) in [6.45, 7) is 0.447.